The van der Waals surface area contributed by atoms with Gasteiger partial charge in [-0.1, -0.05) is 41.6 Å². The molecular formula is C19H10ClNO. The van der Waals surface area contributed by atoms with Gasteiger partial charge in [-0.15, -0.1) is 0 Å². The van der Waals surface area contributed by atoms with Gasteiger partial charge in [0.15, 0.2) is 5.58 Å². The Kier molecular flexibility index (Phi) is 2.28. The van der Waals surface area contributed by atoms with E-state index in [1.165, 1.54) is 0 Å². The van der Waals surface area contributed by atoms with Crippen molar-refractivity contribution in [2.24, 2.45) is 0 Å². The first-order valence-corrected chi connectivity index (χ1v) is 7.50. The minimum absolute atomic E-state index is 0.688. The molecule has 2 aromatic heterocycles. The minimum atomic E-state index is 0.688. The molecule has 1 N–H and O–H groups in total. The molecule has 1 aliphatic rings. The molecule has 0 spiro atoms. The van der Waals surface area contributed by atoms with E-state index in [0.29, 0.717) is 6.42 Å². The van der Waals surface area contributed by atoms with E-state index in [2.05, 4.69) is 22.9 Å². The number of hydrogen-bond acceptors (Lipinski definition) is 1. The molecule has 104 valence electrons. The Balaban J connectivity index is 2.02. The van der Waals surface area contributed by atoms with E-state index in [-0.39, 0.29) is 0 Å². The maximum atomic E-state index is 6.59. The summed E-state index contributed by atoms with van der Waals surface area (Å²) < 4.78 is 6.08. The molecule has 0 atom stereocenters. The highest BCUT2D eigenvalue weighted by Crippen LogP contribution is 2.40. The van der Waals surface area contributed by atoms with Crippen molar-refractivity contribution in [2.75, 3.05) is 0 Å². The monoisotopic (exact) mass is 303 g/mol. The number of benzene rings is 2. The second-order valence-electron chi connectivity index (χ2n) is 5.43. The summed E-state index contributed by atoms with van der Waals surface area (Å²) in [7, 11) is 0. The van der Waals surface area contributed by atoms with Gasteiger partial charge in [-0.25, -0.2) is 0 Å². The van der Waals surface area contributed by atoms with Crippen LogP contribution in [0.25, 0.3) is 38.9 Å². The average Bonchev–Trinajstić information content (AvgIpc) is 2.99. The Bertz CT molecular complexity index is 1160. The number of nitrogens with one attached hydrogen (secondary N) is 1. The van der Waals surface area contributed by atoms with Gasteiger partial charge in [0.2, 0.25) is 0 Å². The first-order valence-electron chi connectivity index (χ1n) is 7.12. The van der Waals surface area contributed by atoms with Crippen molar-refractivity contribution in [2.45, 2.75) is 6.42 Å². The number of rotatable bonds is 0. The van der Waals surface area contributed by atoms with E-state index in [9.17, 15) is 0 Å². The Hall–Kier alpha value is -2.63. The number of aromatic nitrogens is 1. The van der Waals surface area contributed by atoms with Gasteiger partial charge in [-0.05, 0) is 29.8 Å². The smallest absolute Gasteiger partial charge is 0.159 e. The van der Waals surface area contributed by atoms with Gasteiger partial charge in [-0.2, -0.15) is 0 Å². The van der Waals surface area contributed by atoms with Crippen LogP contribution in [0.3, 0.4) is 0 Å². The predicted molar refractivity (Wildman–Crippen MR) is 91.1 cm³/mol. The molecule has 5 rings (SSSR count). The Morgan fingerprint density at radius 3 is 3.05 bits per heavy atom. The number of H-pyrrole nitrogens is 1. The lowest BCUT2D eigenvalue weighted by Gasteiger charge is -1.99. The second kappa shape index (κ2) is 4.19. The van der Waals surface area contributed by atoms with Crippen molar-refractivity contribution >= 4 is 50.5 Å². The Morgan fingerprint density at radius 2 is 2.09 bits per heavy atom. The van der Waals surface area contributed by atoms with Crippen molar-refractivity contribution in [3.63, 3.8) is 0 Å². The van der Waals surface area contributed by atoms with Crippen molar-refractivity contribution in [1.29, 1.82) is 0 Å². The SMILES string of the molecule is Clc1cc2c3ccccc3oc2c2[nH]c3c(c12)CC#CC=C3. The third kappa shape index (κ3) is 1.46. The zero-order chi connectivity index (χ0) is 14.7. The fraction of sp³-hybridized carbons (Fsp3) is 0.0526. The van der Waals surface area contributed by atoms with E-state index in [1.807, 2.05) is 36.4 Å². The summed E-state index contributed by atoms with van der Waals surface area (Å²) in [5.74, 6) is 6.14. The summed E-state index contributed by atoms with van der Waals surface area (Å²) in [6.07, 6.45) is 4.55. The minimum Gasteiger partial charge on any atom is -0.454 e. The van der Waals surface area contributed by atoms with E-state index in [1.54, 1.807) is 0 Å². The lowest BCUT2D eigenvalue weighted by atomic mass is 10.1. The summed E-state index contributed by atoms with van der Waals surface area (Å²) in [6, 6.07) is 10.0. The molecule has 22 heavy (non-hydrogen) atoms. The van der Waals surface area contributed by atoms with Gasteiger partial charge in [0.1, 0.15) is 5.58 Å². The molecule has 4 aromatic rings. The van der Waals surface area contributed by atoms with Crippen LogP contribution in [0, 0.1) is 11.8 Å². The molecule has 0 aliphatic heterocycles. The van der Waals surface area contributed by atoms with Crippen LogP contribution in [0.5, 0.6) is 0 Å². The third-order valence-electron chi connectivity index (χ3n) is 4.21. The molecule has 0 bridgehead atoms. The first-order chi connectivity index (χ1) is 10.8. The van der Waals surface area contributed by atoms with Crippen LogP contribution < -0.4 is 0 Å². The predicted octanol–water partition coefficient (Wildman–Crippen LogP) is 5.29. The highest BCUT2D eigenvalue weighted by atomic mass is 35.5. The average molecular weight is 304 g/mol. The van der Waals surface area contributed by atoms with Crippen LogP contribution in [0.1, 0.15) is 11.3 Å². The van der Waals surface area contributed by atoms with Crippen LogP contribution >= 0.6 is 11.6 Å². The lowest BCUT2D eigenvalue weighted by molar-refractivity contribution is 0.672. The van der Waals surface area contributed by atoms with Crippen molar-refractivity contribution in [1.82, 2.24) is 4.98 Å². The number of para-hydroxylation sites is 1. The van der Waals surface area contributed by atoms with Crippen LogP contribution in [0.2, 0.25) is 5.02 Å². The molecule has 0 saturated carbocycles. The maximum absolute atomic E-state index is 6.59. The number of halogens is 1. The van der Waals surface area contributed by atoms with E-state index < -0.39 is 0 Å². The van der Waals surface area contributed by atoms with Gasteiger partial charge in [0.05, 0.1) is 10.5 Å². The van der Waals surface area contributed by atoms with Crippen molar-refractivity contribution in [3.8, 4) is 11.8 Å². The molecule has 2 heterocycles. The first kappa shape index (κ1) is 12.0. The third-order valence-corrected chi connectivity index (χ3v) is 4.51. The number of aromatic amines is 1. The second-order valence-corrected chi connectivity index (χ2v) is 5.84. The summed E-state index contributed by atoms with van der Waals surface area (Å²) in [5, 5.41) is 3.88. The van der Waals surface area contributed by atoms with Crippen LogP contribution in [0.15, 0.2) is 40.8 Å². The molecule has 1 aliphatic carbocycles. The van der Waals surface area contributed by atoms with E-state index in [0.717, 1.165) is 49.1 Å². The van der Waals surface area contributed by atoms with Gasteiger partial charge < -0.3 is 9.40 Å². The zero-order valence-corrected chi connectivity index (χ0v) is 12.3. The fourth-order valence-corrected chi connectivity index (χ4v) is 3.55. The van der Waals surface area contributed by atoms with Gasteiger partial charge >= 0.3 is 0 Å². The van der Waals surface area contributed by atoms with Crippen molar-refractivity contribution in [3.05, 3.63) is 52.7 Å². The molecule has 0 fully saturated rings. The van der Waals surface area contributed by atoms with Gasteiger partial charge in [-0.3, -0.25) is 0 Å². The van der Waals surface area contributed by atoms with E-state index in [4.69, 9.17) is 16.0 Å². The Labute approximate surface area is 131 Å². The summed E-state index contributed by atoms with van der Waals surface area (Å²) in [4.78, 5) is 3.46. The lowest BCUT2D eigenvalue weighted by Crippen LogP contribution is -1.82. The van der Waals surface area contributed by atoms with Crippen LogP contribution in [0.4, 0.5) is 0 Å². The summed E-state index contributed by atoms with van der Waals surface area (Å²) >= 11 is 6.59. The largest absolute Gasteiger partial charge is 0.454 e. The number of hydrogen-bond donors (Lipinski definition) is 1. The normalized spacial score (nSPS) is 13.3. The summed E-state index contributed by atoms with van der Waals surface area (Å²) in [6.45, 7) is 0. The molecular weight excluding hydrogens is 294 g/mol. The fourth-order valence-electron chi connectivity index (χ4n) is 3.23. The summed E-state index contributed by atoms with van der Waals surface area (Å²) in [5.41, 5.74) is 4.87. The molecule has 0 amide bonds. The molecule has 2 aromatic carbocycles. The zero-order valence-electron chi connectivity index (χ0n) is 11.5. The van der Waals surface area contributed by atoms with Gasteiger partial charge in [0.25, 0.3) is 0 Å². The van der Waals surface area contributed by atoms with Crippen molar-refractivity contribution < 1.29 is 4.42 Å². The molecule has 0 unspecified atom stereocenters. The standard InChI is InChI=1S/C19H10ClNO/c20-14-10-13-11-6-4-5-9-16(11)22-19(13)18-17(14)12-7-2-1-3-8-15(12)21-18/h3-6,8-10,21H,7H2. The van der Waals surface area contributed by atoms with Crippen LogP contribution in [-0.2, 0) is 6.42 Å². The highest BCUT2D eigenvalue weighted by Gasteiger charge is 2.19. The molecule has 0 saturated heterocycles. The molecule has 0 radical (unpaired) electrons. The molecule has 2 nitrogen and oxygen atoms in total. The number of furan rings is 1. The number of allylic oxidation sites excluding steroid dienone is 1. The van der Waals surface area contributed by atoms with E-state index >= 15 is 0 Å². The quantitative estimate of drug-likeness (QED) is 0.439. The number of fused-ring (bicyclic) bond motifs is 7. The highest BCUT2D eigenvalue weighted by molar-refractivity contribution is 6.38. The van der Waals surface area contributed by atoms with Gasteiger partial charge in [0, 0.05) is 28.3 Å². The topological polar surface area (TPSA) is 28.9 Å². The Morgan fingerprint density at radius 1 is 1.18 bits per heavy atom. The molecule has 3 heteroatoms. The van der Waals surface area contributed by atoms with Crippen LogP contribution in [-0.4, -0.2) is 4.98 Å². The maximum Gasteiger partial charge on any atom is 0.159 e.